The molecule has 0 radical (unpaired) electrons. The number of hydrogen-bond acceptors (Lipinski definition) is 6. The minimum absolute atomic E-state index is 0. The molecule has 0 bridgehead atoms. The molecule has 35 heavy (non-hydrogen) atoms. The molecule has 0 saturated carbocycles. The van der Waals surface area contributed by atoms with Crippen LogP contribution in [0.5, 0.6) is 5.75 Å². The molecule has 1 aliphatic rings. The van der Waals surface area contributed by atoms with Crippen LogP contribution in [0.15, 0.2) is 35.5 Å². The number of carbonyl (C=O) groups is 1. The summed E-state index contributed by atoms with van der Waals surface area (Å²) < 4.78 is 88.3. The monoisotopic (exact) mass is 546 g/mol. The largest absolute Gasteiger partial charge is 0.433 e. The number of hydrogen-bond donors (Lipinski definition) is 2. The number of halogens is 8. The lowest BCUT2D eigenvalue weighted by Gasteiger charge is -2.41. The summed E-state index contributed by atoms with van der Waals surface area (Å²) in [4.78, 5) is 20.1. The lowest BCUT2D eigenvalue weighted by atomic mass is 9.89. The first-order chi connectivity index (χ1) is 15.7. The van der Waals surface area contributed by atoms with Crippen LogP contribution >= 0.6 is 24.0 Å². The van der Waals surface area contributed by atoms with E-state index in [2.05, 4.69) is 20.0 Å². The Balaban J connectivity index is 0.00000432. The lowest BCUT2D eigenvalue weighted by Crippen LogP contribution is -2.60. The summed E-state index contributed by atoms with van der Waals surface area (Å²) in [5.41, 5.74) is 0.558. The topological polar surface area (TPSA) is 98.8 Å². The number of amides is 1. The lowest BCUT2D eigenvalue weighted by molar-refractivity contribution is -0.249. The Morgan fingerprint density at radius 2 is 1.94 bits per heavy atom. The van der Waals surface area contributed by atoms with Gasteiger partial charge in [-0.15, -0.1) is 12.4 Å². The van der Waals surface area contributed by atoms with E-state index >= 15 is 0 Å². The SMILES string of the molecule is C[C@@]1(c2cc(NC(=O)c3ncc(OC(F)F)cc3Cl)ccc2F)CO[C@@](C)(C(F)(F)F)C(N)=N1.Cl. The summed E-state index contributed by atoms with van der Waals surface area (Å²) in [5, 5.41) is 2.10. The Labute approximate surface area is 206 Å². The highest BCUT2D eigenvalue weighted by Crippen LogP contribution is 2.41. The molecule has 0 saturated heterocycles. The first-order valence-electron chi connectivity index (χ1n) is 9.44. The van der Waals surface area contributed by atoms with E-state index in [9.17, 15) is 31.1 Å². The molecule has 0 spiro atoms. The molecular formula is C20H18Cl2F6N4O3. The van der Waals surface area contributed by atoms with Crippen molar-refractivity contribution in [1.82, 2.24) is 4.98 Å². The molecule has 15 heteroatoms. The summed E-state index contributed by atoms with van der Waals surface area (Å²) in [5.74, 6) is -2.96. The second-order valence-electron chi connectivity index (χ2n) is 7.62. The normalized spacial score (nSPS) is 22.3. The molecule has 2 atom stereocenters. The van der Waals surface area contributed by atoms with Gasteiger partial charge in [0.1, 0.15) is 28.6 Å². The van der Waals surface area contributed by atoms with Crippen molar-refractivity contribution in [2.24, 2.45) is 10.7 Å². The van der Waals surface area contributed by atoms with Crippen LogP contribution in [0, 0.1) is 5.82 Å². The van der Waals surface area contributed by atoms with Gasteiger partial charge in [0.2, 0.25) is 5.60 Å². The fourth-order valence-corrected chi connectivity index (χ4v) is 3.33. The molecule has 7 nitrogen and oxygen atoms in total. The van der Waals surface area contributed by atoms with Crippen molar-refractivity contribution >= 4 is 41.4 Å². The number of carbonyl (C=O) groups excluding carboxylic acids is 1. The zero-order valence-electron chi connectivity index (χ0n) is 17.9. The van der Waals surface area contributed by atoms with Gasteiger partial charge in [0.25, 0.3) is 5.91 Å². The van der Waals surface area contributed by atoms with Gasteiger partial charge in [-0.3, -0.25) is 9.79 Å². The van der Waals surface area contributed by atoms with Crippen LogP contribution in [0.2, 0.25) is 5.02 Å². The number of rotatable bonds is 5. The maximum absolute atomic E-state index is 14.6. The number of anilines is 1. The van der Waals surface area contributed by atoms with E-state index in [0.29, 0.717) is 6.92 Å². The van der Waals surface area contributed by atoms with E-state index in [1.165, 1.54) is 13.0 Å². The van der Waals surface area contributed by atoms with Crippen LogP contribution < -0.4 is 15.8 Å². The van der Waals surface area contributed by atoms with Gasteiger partial charge in [0.05, 0.1) is 17.8 Å². The van der Waals surface area contributed by atoms with Crippen LogP contribution in [0.4, 0.5) is 32.0 Å². The molecule has 1 aromatic carbocycles. The Bertz CT molecular complexity index is 1150. The Morgan fingerprint density at radius 3 is 2.49 bits per heavy atom. The predicted octanol–water partition coefficient (Wildman–Crippen LogP) is 5.07. The van der Waals surface area contributed by atoms with Crippen LogP contribution in [0.3, 0.4) is 0 Å². The van der Waals surface area contributed by atoms with Crippen LogP contribution in [-0.4, -0.2) is 41.7 Å². The molecule has 0 unspecified atom stereocenters. The van der Waals surface area contributed by atoms with Crippen LogP contribution in [0.25, 0.3) is 0 Å². The maximum Gasteiger partial charge on any atom is 0.424 e. The molecular weight excluding hydrogens is 529 g/mol. The zero-order valence-corrected chi connectivity index (χ0v) is 19.5. The number of nitrogens with zero attached hydrogens (tertiary/aromatic N) is 2. The van der Waals surface area contributed by atoms with E-state index in [1.54, 1.807) is 0 Å². The average molecular weight is 547 g/mol. The Morgan fingerprint density at radius 1 is 1.29 bits per heavy atom. The van der Waals surface area contributed by atoms with E-state index in [1.807, 2.05) is 0 Å². The number of pyridine rings is 1. The summed E-state index contributed by atoms with van der Waals surface area (Å²) in [7, 11) is 0. The van der Waals surface area contributed by atoms with Gasteiger partial charge in [-0.2, -0.15) is 22.0 Å². The average Bonchev–Trinajstić information content (AvgIpc) is 2.71. The molecule has 192 valence electrons. The molecule has 1 aliphatic heterocycles. The Hall–Kier alpha value is -2.77. The fourth-order valence-electron chi connectivity index (χ4n) is 3.09. The number of amidine groups is 1. The van der Waals surface area contributed by atoms with E-state index in [-0.39, 0.29) is 40.1 Å². The molecule has 1 aromatic heterocycles. The summed E-state index contributed by atoms with van der Waals surface area (Å²) in [6, 6.07) is 4.25. The van der Waals surface area contributed by atoms with E-state index in [4.69, 9.17) is 22.1 Å². The van der Waals surface area contributed by atoms with E-state index < -0.39 is 48.1 Å². The Kier molecular flexibility index (Phi) is 8.19. The smallest absolute Gasteiger partial charge is 0.424 e. The molecule has 2 heterocycles. The highest BCUT2D eigenvalue weighted by atomic mass is 35.5. The molecule has 0 fully saturated rings. The number of alkyl halides is 5. The van der Waals surface area contributed by atoms with Gasteiger partial charge in [-0.05, 0) is 32.0 Å². The molecule has 0 aliphatic carbocycles. The number of aromatic nitrogens is 1. The van der Waals surface area contributed by atoms with Crippen molar-refractivity contribution in [2.75, 3.05) is 11.9 Å². The number of benzene rings is 1. The van der Waals surface area contributed by atoms with Crippen molar-refractivity contribution < 1.29 is 40.6 Å². The van der Waals surface area contributed by atoms with Gasteiger partial charge in [0, 0.05) is 17.3 Å². The number of nitrogens with one attached hydrogen (secondary N) is 1. The first kappa shape index (κ1) is 28.5. The summed E-state index contributed by atoms with van der Waals surface area (Å²) in [6.07, 6.45) is -3.99. The van der Waals surface area contributed by atoms with E-state index in [0.717, 1.165) is 24.4 Å². The van der Waals surface area contributed by atoms with Crippen molar-refractivity contribution in [2.45, 2.75) is 37.8 Å². The second-order valence-corrected chi connectivity index (χ2v) is 8.03. The molecule has 1 amide bonds. The third-order valence-corrected chi connectivity index (χ3v) is 5.39. The second kappa shape index (κ2) is 10.1. The van der Waals surface area contributed by atoms with Crippen LogP contribution in [-0.2, 0) is 10.3 Å². The zero-order chi connectivity index (χ0) is 25.5. The van der Waals surface area contributed by atoms with Crippen molar-refractivity contribution in [3.8, 4) is 5.75 Å². The summed E-state index contributed by atoms with van der Waals surface area (Å²) >= 11 is 5.91. The number of nitrogens with two attached hydrogens (primary N) is 1. The first-order valence-corrected chi connectivity index (χ1v) is 9.82. The molecule has 3 rings (SSSR count). The molecule has 3 N–H and O–H groups in total. The third-order valence-electron chi connectivity index (χ3n) is 5.10. The third kappa shape index (κ3) is 5.73. The summed E-state index contributed by atoms with van der Waals surface area (Å²) in [6.45, 7) is -1.74. The van der Waals surface area contributed by atoms with Crippen molar-refractivity contribution in [1.29, 1.82) is 0 Å². The van der Waals surface area contributed by atoms with Crippen molar-refractivity contribution in [3.05, 3.63) is 52.6 Å². The minimum Gasteiger partial charge on any atom is -0.433 e. The van der Waals surface area contributed by atoms with Gasteiger partial charge < -0.3 is 20.5 Å². The quantitative estimate of drug-likeness (QED) is 0.510. The number of aliphatic imine (C=N–C) groups is 1. The highest BCUT2D eigenvalue weighted by molar-refractivity contribution is 6.34. The van der Waals surface area contributed by atoms with Crippen molar-refractivity contribution in [3.63, 3.8) is 0 Å². The van der Waals surface area contributed by atoms with Gasteiger partial charge in [0.15, 0.2) is 0 Å². The predicted molar refractivity (Wildman–Crippen MR) is 117 cm³/mol. The minimum atomic E-state index is -4.85. The number of ether oxygens (including phenoxy) is 2. The standard InChI is InChI=1S/C20H17ClF6N4O3.ClH/c1-18(8-33-19(2,16(28)31-18)20(25,26)27)11-5-9(3-4-13(11)22)30-15(32)14-12(21)6-10(7-29-14)34-17(23)24;/h3-7,17H,8H2,1-2H3,(H2,28,31)(H,30,32);1H/t18-,19+;/m0./s1. The van der Waals surface area contributed by atoms with Gasteiger partial charge in [-0.25, -0.2) is 9.37 Å². The molecule has 2 aromatic rings. The van der Waals surface area contributed by atoms with Gasteiger partial charge in [-0.1, -0.05) is 11.6 Å². The van der Waals surface area contributed by atoms with Crippen LogP contribution in [0.1, 0.15) is 29.9 Å². The van der Waals surface area contributed by atoms with Gasteiger partial charge >= 0.3 is 12.8 Å². The maximum atomic E-state index is 14.6. The highest BCUT2D eigenvalue weighted by Gasteiger charge is 2.59. The fraction of sp³-hybridized carbons (Fsp3) is 0.350.